The molecule has 1 aliphatic rings. The van der Waals surface area contributed by atoms with Crippen molar-refractivity contribution in [2.45, 2.75) is 64.9 Å². The van der Waals surface area contributed by atoms with Crippen LogP contribution in [0, 0.1) is 6.92 Å². The van der Waals surface area contributed by atoms with Crippen LogP contribution >= 0.6 is 0 Å². The molecule has 14 heteroatoms. The van der Waals surface area contributed by atoms with Crippen molar-refractivity contribution in [1.29, 1.82) is 0 Å². The molecular formula is C25H36F3N7O4. The van der Waals surface area contributed by atoms with Gasteiger partial charge in [0.25, 0.3) is 5.91 Å². The molecule has 1 fully saturated rings. The lowest BCUT2D eigenvalue weighted by atomic mass is 10.1. The number of rotatable bonds is 10. The van der Waals surface area contributed by atoms with E-state index >= 15 is 0 Å². The second-order valence-electron chi connectivity index (χ2n) is 9.37. The normalized spacial score (nSPS) is 12.6. The fraction of sp³-hybridized carbons (Fsp3) is 0.560. The Balaban J connectivity index is 0.000000369. The van der Waals surface area contributed by atoms with Gasteiger partial charge in [-0.2, -0.15) is 13.2 Å². The van der Waals surface area contributed by atoms with Gasteiger partial charge in [0.15, 0.2) is 11.3 Å². The molecule has 0 aliphatic heterocycles. The third-order valence-electron chi connectivity index (χ3n) is 5.61. The lowest BCUT2D eigenvalue weighted by molar-refractivity contribution is -0.255. The zero-order valence-corrected chi connectivity index (χ0v) is 22.8. The van der Waals surface area contributed by atoms with Crippen molar-refractivity contribution in [3.63, 3.8) is 0 Å². The fourth-order valence-corrected chi connectivity index (χ4v) is 2.75. The maximum atomic E-state index is 12.1. The van der Waals surface area contributed by atoms with E-state index in [4.69, 9.17) is 0 Å². The highest BCUT2D eigenvalue weighted by Gasteiger charge is 2.47. The summed E-state index contributed by atoms with van der Waals surface area (Å²) in [5.74, 6) is 0.244. The molecule has 3 N–H and O–H groups in total. The first-order valence-electron chi connectivity index (χ1n) is 12.4. The number of hydrogen-bond donors (Lipinski definition) is 3. The first-order valence-corrected chi connectivity index (χ1v) is 12.4. The quantitative estimate of drug-likeness (QED) is 0.323. The van der Waals surface area contributed by atoms with Crippen molar-refractivity contribution in [1.82, 2.24) is 35.8 Å². The van der Waals surface area contributed by atoms with Crippen LogP contribution in [0.2, 0.25) is 0 Å². The number of aromatic amines is 1. The molecule has 4 rings (SSSR count). The van der Waals surface area contributed by atoms with Crippen LogP contribution in [0.1, 0.15) is 60.7 Å². The second kappa shape index (κ2) is 14.6. The molecule has 2 aromatic heterocycles. The number of halogens is 3. The molecule has 0 radical (unpaired) electrons. The molecule has 0 atom stereocenters. The van der Waals surface area contributed by atoms with Crippen LogP contribution in [0.5, 0.6) is 0 Å². The van der Waals surface area contributed by atoms with Crippen LogP contribution < -0.4 is 10.6 Å². The van der Waals surface area contributed by atoms with E-state index in [9.17, 15) is 22.8 Å². The number of benzene rings is 1. The number of ether oxygens (including phenoxy) is 1. The minimum Gasteiger partial charge on any atom is -0.369 e. The van der Waals surface area contributed by atoms with Gasteiger partial charge < -0.3 is 25.3 Å². The van der Waals surface area contributed by atoms with E-state index < -0.39 is 11.8 Å². The summed E-state index contributed by atoms with van der Waals surface area (Å²) in [7, 11) is 2.88. The molecule has 0 saturated heterocycles. The van der Waals surface area contributed by atoms with Crippen molar-refractivity contribution in [3.05, 3.63) is 41.0 Å². The van der Waals surface area contributed by atoms with Crippen LogP contribution in [-0.2, 0) is 22.6 Å². The topological polar surface area (TPSA) is 138 Å². The predicted molar refractivity (Wildman–Crippen MR) is 138 cm³/mol. The Hall–Kier alpha value is -3.52. The van der Waals surface area contributed by atoms with Gasteiger partial charge in [0.2, 0.25) is 6.41 Å². The highest BCUT2D eigenvalue weighted by atomic mass is 19.4. The number of H-pyrrole nitrogens is 1. The molecule has 1 saturated carbocycles. The van der Waals surface area contributed by atoms with Gasteiger partial charge in [-0.25, -0.2) is 9.61 Å². The number of hydrogen-bond acceptors (Lipinski definition) is 8. The molecule has 39 heavy (non-hydrogen) atoms. The summed E-state index contributed by atoms with van der Waals surface area (Å²) in [6.07, 6.45) is 1.07. The Labute approximate surface area is 224 Å². The van der Waals surface area contributed by atoms with Crippen LogP contribution in [0.25, 0.3) is 11.0 Å². The molecule has 0 bridgehead atoms. The third-order valence-corrected chi connectivity index (χ3v) is 5.61. The van der Waals surface area contributed by atoms with E-state index in [1.54, 1.807) is 11.8 Å². The number of aromatic nitrogens is 4. The second-order valence-corrected chi connectivity index (χ2v) is 9.37. The van der Waals surface area contributed by atoms with E-state index in [0.717, 1.165) is 50.5 Å². The average Bonchev–Trinajstić information content (AvgIpc) is 3.63. The molecule has 11 nitrogen and oxygen atoms in total. The molecule has 0 unspecified atom stereocenters. The van der Waals surface area contributed by atoms with Gasteiger partial charge in [-0.3, -0.25) is 9.59 Å². The Kier molecular flexibility index (Phi) is 11.9. The number of likely N-dealkylation sites (N-methyl/N-ethyl adjacent to an activating group) is 1. The van der Waals surface area contributed by atoms with Gasteiger partial charge in [0.05, 0.1) is 17.6 Å². The summed E-state index contributed by atoms with van der Waals surface area (Å²) in [6, 6.07) is 5.78. The fourth-order valence-electron chi connectivity index (χ4n) is 2.75. The predicted octanol–water partition coefficient (Wildman–Crippen LogP) is 3.51. The first kappa shape index (κ1) is 31.7. The summed E-state index contributed by atoms with van der Waals surface area (Å²) in [6.45, 7) is 5.71. The standard InChI is InChI=1S/C17H21N7O3.C5H9F3O.C3H6/c1-11-16(23-27-22-11)17(26)19-8-15-20-13-4-3-12(7-14(13)21-15)9-24(10-25)6-5-18-2;1-4(2,9-3)5(6,7)8;1-2-3-1/h3-4,7,10,18H,5-6,8-9H2,1-2H3,(H,19,26)(H,20,21);1-3H3;1-3H2. The number of imidazole rings is 1. The largest absolute Gasteiger partial charge is 0.416 e. The first-order chi connectivity index (χ1) is 18.4. The molecule has 3 aromatic rings. The lowest BCUT2D eigenvalue weighted by Crippen LogP contribution is -2.40. The number of aryl methyl sites for hydroxylation is 1. The van der Waals surface area contributed by atoms with E-state index in [2.05, 4.69) is 40.3 Å². The summed E-state index contributed by atoms with van der Waals surface area (Å²) < 4.78 is 43.8. The van der Waals surface area contributed by atoms with Gasteiger partial charge in [0, 0.05) is 26.7 Å². The minimum atomic E-state index is -4.28. The van der Waals surface area contributed by atoms with Gasteiger partial charge in [0.1, 0.15) is 11.5 Å². The number of fused-ring (bicyclic) bond motifs is 1. The van der Waals surface area contributed by atoms with Crippen molar-refractivity contribution >= 4 is 23.4 Å². The molecule has 216 valence electrons. The van der Waals surface area contributed by atoms with E-state index in [1.165, 1.54) is 19.3 Å². The molecule has 2 amide bonds. The number of nitrogens with zero attached hydrogens (tertiary/aromatic N) is 4. The van der Waals surface area contributed by atoms with Gasteiger partial charge >= 0.3 is 6.18 Å². The summed E-state index contributed by atoms with van der Waals surface area (Å²) in [5.41, 5.74) is 1.19. The Morgan fingerprint density at radius 3 is 2.41 bits per heavy atom. The number of carbonyl (C=O) groups is 2. The number of amides is 2. The Morgan fingerprint density at radius 1 is 1.23 bits per heavy atom. The smallest absolute Gasteiger partial charge is 0.369 e. The van der Waals surface area contributed by atoms with Crippen molar-refractivity contribution in [3.8, 4) is 0 Å². The molecule has 0 spiro atoms. The molecule has 1 aliphatic carbocycles. The number of methoxy groups -OCH3 is 1. The number of alkyl halides is 3. The minimum absolute atomic E-state index is 0.156. The Bertz CT molecular complexity index is 1190. The summed E-state index contributed by atoms with van der Waals surface area (Å²) >= 11 is 0. The Morgan fingerprint density at radius 2 is 1.92 bits per heavy atom. The summed E-state index contributed by atoms with van der Waals surface area (Å²) in [5, 5.41) is 12.9. The van der Waals surface area contributed by atoms with E-state index in [0.29, 0.717) is 24.6 Å². The zero-order chi connectivity index (χ0) is 29.1. The maximum Gasteiger partial charge on any atom is 0.416 e. The zero-order valence-electron chi connectivity index (χ0n) is 22.8. The van der Waals surface area contributed by atoms with Gasteiger partial charge in [-0.15, -0.1) is 0 Å². The van der Waals surface area contributed by atoms with E-state index in [1.807, 2.05) is 25.2 Å². The third kappa shape index (κ3) is 10.3. The maximum absolute atomic E-state index is 12.1. The van der Waals surface area contributed by atoms with Crippen molar-refractivity contribution < 1.29 is 32.1 Å². The number of nitrogens with one attached hydrogen (secondary N) is 3. The summed E-state index contributed by atoms with van der Waals surface area (Å²) in [4.78, 5) is 32.6. The van der Waals surface area contributed by atoms with Crippen molar-refractivity contribution in [2.75, 3.05) is 27.2 Å². The van der Waals surface area contributed by atoms with Crippen molar-refractivity contribution in [2.24, 2.45) is 0 Å². The van der Waals surface area contributed by atoms with Crippen LogP contribution in [0.15, 0.2) is 22.8 Å². The van der Waals surface area contributed by atoms with Crippen LogP contribution in [0.3, 0.4) is 0 Å². The molecule has 1 aromatic carbocycles. The monoisotopic (exact) mass is 555 g/mol. The van der Waals surface area contributed by atoms with Gasteiger partial charge in [-0.05, 0) is 50.7 Å². The van der Waals surface area contributed by atoms with Crippen LogP contribution in [-0.4, -0.2) is 76.5 Å². The highest BCUT2D eigenvalue weighted by molar-refractivity contribution is 5.92. The lowest BCUT2D eigenvalue weighted by Gasteiger charge is -2.25. The molecule has 2 heterocycles. The number of carbonyl (C=O) groups excluding carboxylic acids is 2. The average molecular weight is 556 g/mol. The SMILES string of the molecule is C1CC1.CNCCN(C=O)Cc1ccc2nc(CNC(=O)c3nonc3C)[nH]c2c1.COC(C)(C)C(F)(F)F. The molecular weight excluding hydrogens is 519 g/mol. The van der Waals surface area contributed by atoms with Gasteiger partial charge in [-0.1, -0.05) is 30.5 Å². The van der Waals surface area contributed by atoms with E-state index in [-0.39, 0.29) is 18.1 Å². The van der Waals surface area contributed by atoms with Crippen LogP contribution in [0.4, 0.5) is 13.2 Å². The highest BCUT2D eigenvalue weighted by Crippen LogP contribution is 2.31.